The van der Waals surface area contributed by atoms with Crippen molar-refractivity contribution in [2.45, 2.75) is 19.1 Å². The van der Waals surface area contributed by atoms with Crippen LogP contribution in [0.3, 0.4) is 0 Å². The molecule has 0 aliphatic heterocycles. The molecule has 4 heteroatoms. The van der Waals surface area contributed by atoms with E-state index in [0.717, 1.165) is 22.0 Å². The number of hydrogen-bond acceptors (Lipinski definition) is 3. The van der Waals surface area contributed by atoms with Gasteiger partial charge in [-0.3, -0.25) is 4.79 Å². The predicted molar refractivity (Wildman–Crippen MR) is 102 cm³/mol. The fourth-order valence-corrected chi connectivity index (χ4v) is 3.16. The van der Waals surface area contributed by atoms with Gasteiger partial charge in [0.15, 0.2) is 0 Å². The maximum atomic E-state index is 12.6. The van der Waals surface area contributed by atoms with Crippen molar-refractivity contribution in [2.75, 3.05) is 13.6 Å². The molecule has 0 aliphatic carbocycles. The number of rotatable bonds is 6. The number of aryl methyl sites for hydroxylation is 1. The van der Waals surface area contributed by atoms with E-state index >= 15 is 0 Å². The maximum Gasteiger partial charge on any atom is 0.255 e. The van der Waals surface area contributed by atoms with E-state index in [1.54, 1.807) is 4.57 Å². The van der Waals surface area contributed by atoms with Crippen molar-refractivity contribution < 1.29 is 5.11 Å². The summed E-state index contributed by atoms with van der Waals surface area (Å²) >= 11 is 0. The van der Waals surface area contributed by atoms with Crippen LogP contribution in [-0.2, 0) is 13.6 Å². The summed E-state index contributed by atoms with van der Waals surface area (Å²) in [6, 6.07) is 19.6. The Bertz CT molecular complexity index is 903. The molecule has 130 valence electrons. The number of hydrogen-bond donors (Lipinski definition) is 1. The fourth-order valence-electron chi connectivity index (χ4n) is 3.16. The van der Waals surface area contributed by atoms with Crippen molar-refractivity contribution in [3.8, 4) is 0 Å². The van der Waals surface area contributed by atoms with Crippen molar-refractivity contribution in [1.82, 2.24) is 9.47 Å². The third-order valence-corrected chi connectivity index (χ3v) is 4.62. The van der Waals surface area contributed by atoms with Crippen LogP contribution in [0.4, 0.5) is 0 Å². The van der Waals surface area contributed by atoms with Crippen molar-refractivity contribution in [2.24, 2.45) is 7.05 Å². The molecule has 3 aromatic rings. The Kier molecular flexibility index (Phi) is 5.31. The minimum Gasteiger partial charge on any atom is -0.388 e. The smallest absolute Gasteiger partial charge is 0.255 e. The quantitative estimate of drug-likeness (QED) is 0.752. The first-order valence-corrected chi connectivity index (χ1v) is 8.55. The number of aliphatic hydroxyl groups excluding tert-OH is 1. The van der Waals surface area contributed by atoms with Crippen LogP contribution in [0.25, 0.3) is 10.9 Å². The monoisotopic (exact) mass is 336 g/mol. The number of aromatic nitrogens is 1. The number of aliphatic hydroxyl groups is 1. The zero-order valence-corrected chi connectivity index (χ0v) is 14.7. The van der Waals surface area contributed by atoms with Crippen LogP contribution < -0.4 is 5.56 Å². The first-order valence-electron chi connectivity index (χ1n) is 8.55. The third-order valence-electron chi connectivity index (χ3n) is 4.62. The van der Waals surface area contributed by atoms with Gasteiger partial charge in [0.25, 0.3) is 5.56 Å². The number of para-hydroxylation sites is 1. The van der Waals surface area contributed by atoms with Crippen LogP contribution in [-0.4, -0.2) is 28.2 Å². The average molecular weight is 336 g/mol. The molecule has 0 radical (unpaired) electrons. The van der Waals surface area contributed by atoms with Crippen LogP contribution in [0.2, 0.25) is 0 Å². The van der Waals surface area contributed by atoms with Crippen molar-refractivity contribution in [3.05, 3.63) is 82.1 Å². The Morgan fingerprint density at radius 3 is 2.52 bits per heavy atom. The van der Waals surface area contributed by atoms with Gasteiger partial charge in [0.05, 0.1) is 11.6 Å². The van der Waals surface area contributed by atoms with E-state index in [-0.39, 0.29) is 5.56 Å². The first-order chi connectivity index (χ1) is 12.1. The normalized spacial score (nSPS) is 12.6. The molecule has 0 saturated heterocycles. The molecule has 4 nitrogen and oxygen atoms in total. The van der Waals surface area contributed by atoms with Crippen molar-refractivity contribution in [1.29, 1.82) is 0 Å². The molecule has 25 heavy (non-hydrogen) atoms. The zero-order valence-electron chi connectivity index (χ0n) is 14.7. The lowest BCUT2D eigenvalue weighted by Gasteiger charge is -2.19. The van der Waals surface area contributed by atoms with E-state index in [9.17, 15) is 9.90 Å². The van der Waals surface area contributed by atoms with Gasteiger partial charge in [0.1, 0.15) is 0 Å². The summed E-state index contributed by atoms with van der Waals surface area (Å²) in [5.41, 5.74) is 2.68. The SMILES string of the molecule is CN(CC[C@@H](O)c1ccccc1)Cc1cc2ccccc2n(C)c1=O. The Balaban J connectivity index is 1.69. The Morgan fingerprint density at radius 2 is 1.76 bits per heavy atom. The van der Waals surface area contributed by atoms with E-state index < -0.39 is 6.10 Å². The molecular weight excluding hydrogens is 312 g/mol. The maximum absolute atomic E-state index is 12.6. The number of fused-ring (bicyclic) bond motifs is 1. The summed E-state index contributed by atoms with van der Waals surface area (Å²) in [5, 5.41) is 11.3. The van der Waals surface area contributed by atoms with Gasteiger partial charge < -0.3 is 14.6 Å². The molecule has 3 rings (SSSR count). The van der Waals surface area contributed by atoms with Crippen LogP contribution in [0.5, 0.6) is 0 Å². The van der Waals surface area contributed by atoms with Gasteiger partial charge in [0.2, 0.25) is 0 Å². The number of pyridine rings is 1. The van der Waals surface area contributed by atoms with E-state index in [2.05, 4.69) is 4.90 Å². The fraction of sp³-hybridized carbons (Fsp3) is 0.286. The molecule has 1 heterocycles. The zero-order chi connectivity index (χ0) is 17.8. The highest BCUT2D eigenvalue weighted by Crippen LogP contribution is 2.17. The van der Waals surface area contributed by atoms with E-state index in [4.69, 9.17) is 0 Å². The summed E-state index contributed by atoms with van der Waals surface area (Å²) < 4.78 is 1.71. The highest BCUT2D eigenvalue weighted by molar-refractivity contribution is 5.79. The van der Waals surface area contributed by atoms with E-state index in [1.807, 2.05) is 74.8 Å². The van der Waals surface area contributed by atoms with Gasteiger partial charge in [-0.05, 0) is 36.6 Å². The van der Waals surface area contributed by atoms with E-state index in [0.29, 0.717) is 19.5 Å². The van der Waals surface area contributed by atoms with Gasteiger partial charge in [-0.1, -0.05) is 48.5 Å². The second-order valence-corrected chi connectivity index (χ2v) is 6.55. The summed E-state index contributed by atoms with van der Waals surface area (Å²) in [7, 11) is 3.79. The Labute approximate surface area is 148 Å². The molecule has 1 aromatic heterocycles. The average Bonchev–Trinajstić information content (AvgIpc) is 2.64. The third kappa shape index (κ3) is 3.98. The lowest BCUT2D eigenvalue weighted by Crippen LogP contribution is -2.28. The summed E-state index contributed by atoms with van der Waals surface area (Å²) in [4.78, 5) is 14.6. The topological polar surface area (TPSA) is 45.5 Å². The molecule has 0 saturated carbocycles. The van der Waals surface area contributed by atoms with E-state index in [1.165, 1.54) is 0 Å². The van der Waals surface area contributed by atoms with Gasteiger partial charge in [0, 0.05) is 25.7 Å². The molecule has 0 fully saturated rings. The number of nitrogens with zero attached hydrogens (tertiary/aromatic N) is 2. The lowest BCUT2D eigenvalue weighted by molar-refractivity contribution is 0.147. The van der Waals surface area contributed by atoms with Gasteiger partial charge in [-0.25, -0.2) is 0 Å². The van der Waals surface area contributed by atoms with Crippen LogP contribution >= 0.6 is 0 Å². The minimum atomic E-state index is -0.483. The second-order valence-electron chi connectivity index (χ2n) is 6.55. The molecule has 0 aliphatic rings. The molecule has 2 aromatic carbocycles. The van der Waals surface area contributed by atoms with Crippen LogP contribution in [0, 0.1) is 0 Å². The molecule has 0 unspecified atom stereocenters. The summed E-state index contributed by atoms with van der Waals surface area (Å²) in [6.45, 7) is 1.28. The largest absolute Gasteiger partial charge is 0.388 e. The van der Waals surface area contributed by atoms with Gasteiger partial charge in [-0.2, -0.15) is 0 Å². The highest BCUT2D eigenvalue weighted by atomic mass is 16.3. The molecule has 1 N–H and O–H groups in total. The van der Waals surface area contributed by atoms with Gasteiger partial charge in [-0.15, -0.1) is 0 Å². The first kappa shape index (κ1) is 17.4. The second kappa shape index (κ2) is 7.64. The Morgan fingerprint density at radius 1 is 1.08 bits per heavy atom. The molecule has 0 amide bonds. The minimum absolute atomic E-state index is 0.0363. The standard InChI is InChI=1S/C21H24N2O2/c1-22(13-12-20(24)16-8-4-3-5-9-16)15-18-14-17-10-6-7-11-19(17)23(2)21(18)25/h3-11,14,20,24H,12-13,15H2,1-2H3/t20-/m1/s1. The predicted octanol–water partition coefficient (Wildman–Crippen LogP) is 3.09. The molecule has 0 spiro atoms. The lowest BCUT2D eigenvalue weighted by atomic mass is 10.1. The molecule has 1 atom stereocenters. The van der Waals surface area contributed by atoms with Gasteiger partial charge >= 0.3 is 0 Å². The Hall–Kier alpha value is -2.43. The highest BCUT2D eigenvalue weighted by Gasteiger charge is 2.12. The summed E-state index contributed by atoms with van der Waals surface area (Å²) in [5.74, 6) is 0. The van der Waals surface area contributed by atoms with Crippen LogP contribution in [0.15, 0.2) is 65.5 Å². The summed E-state index contributed by atoms with van der Waals surface area (Å²) in [6.07, 6.45) is 0.150. The van der Waals surface area contributed by atoms with Crippen LogP contribution in [0.1, 0.15) is 23.7 Å². The van der Waals surface area contributed by atoms with Crippen molar-refractivity contribution in [3.63, 3.8) is 0 Å². The molecular formula is C21H24N2O2. The number of benzene rings is 2. The molecule has 0 bridgehead atoms. The van der Waals surface area contributed by atoms with Crippen molar-refractivity contribution >= 4 is 10.9 Å².